The number of ether oxygens (including phenoxy) is 5. The average molecular weight is 869 g/mol. The molecule has 12 nitrogen and oxygen atoms in total. The lowest BCUT2D eigenvalue weighted by atomic mass is 9.79. The van der Waals surface area contributed by atoms with Gasteiger partial charge in [0.25, 0.3) is 0 Å². The lowest BCUT2D eigenvalue weighted by Gasteiger charge is -2.40. The summed E-state index contributed by atoms with van der Waals surface area (Å²) < 4.78 is 43.5. The van der Waals surface area contributed by atoms with Crippen LogP contribution in [-0.4, -0.2) is 89.2 Å². The van der Waals surface area contributed by atoms with E-state index in [1.807, 2.05) is 97.1 Å². The molecule has 5 atom stereocenters. The first-order valence-corrected chi connectivity index (χ1v) is 23.7. The first kappa shape index (κ1) is 42.5. The molecule has 2 bridgehead atoms. The van der Waals surface area contributed by atoms with Crippen LogP contribution in [0.1, 0.15) is 51.7 Å². The minimum absolute atomic E-state index is 0.0308. The molecule has 5 aromatic rings. The Bertz CT molecular complexity index is 2240. The highest BCUT2D eigenvalue weighted by atomic mass is 32.7. The van der Waals surface area contributed by atoms with Gasteiger partial charge in [-0.1, -0.05) is 108 Å². The number of nitrogens with two attached hydrogens (primary N) is 1. The van der Waals surface area contributed by atoms with E-state index in [1.54, 1.807) is 38.7 Å². The van der Waals surface area contributed by atoms with Gasteiger partial charge in [0.1, 0.15) is 40.7 Å². The third-order valence-electron chi connectivity index (χ3n) is 11.2. The second-order valence-corrected chi connectivity index (χ2v) is 19.6. The Hall–Kier alpha value is -4.24. The number of hydrogen-bond donors (Lipinski definition) is 1. The Labute approximate surface area is 359 Å². The molecular weight excluding hydrogens is 820 g/mol. The number of carbonyl (C=O) groups excluding carboxylic acids is 1. The number of rotatable bonds is 17. The van der Waals surface area contributed by atoms with Crippen molar-refractivity contribution in [1.29, 1.82) is 0 Å². The van der Waals surface area contributed by atoms with E-state index in [0.29, 0.717) is 34.1 Å². The van der Waals surface area contributed by atoms with Crippen molar-refractivity contribution < 1.29 is 33.0 Å². The maximum atomic E-state index is 13.5. The summed E-state index contributed by atoms with van der Waals surface area (Å²) in [6, 6.07) is 35.2. The van der Waals surface area contributed by atoms with E-state index in [2.05, 4.69) is 21.8 Å². The molecule has 0 radical (unpaired) electrons. The van der Waals surface area contributed by atoms with Crippen molar-refractivity contribution in [2.24, 2.45) is 0 Å². The molecule has 3 fully saturated rings. The van der Waals surface area contributed by atoms with Gasteiger partial charge in [0.15, 0.2) is 13.7 Å². The fourth-order valence-corrected chi connectivity index (χ4v) is 13.3. The topological polar surface area (TPSA) is 137 Å². The molecule has 2 N–H and O–H groups in total. The third kappa shape index (κ3) is 8.62. The summed E-state index contributed by atoms with van der Waals surface area (Å²) in [5.74, 6) is 2.91. The second kappa shape index (κ2) is 18.8. The number of benzene rings is 4. The maximum Gasteiger partial charge on any atom is 0.351 e. The first-order valence-electron chi connectivity index (χ1n) is 19.9. The lowest BCUT2D eigenvalue weighted by molar-refractivity contribution is -0.203. The van der Waals surface area contributed by atoms with E-state index in [-0.39, 0.29) is 24.1 Å². The van der Waals surface area contributed by atoms with Gasteiger partial charge in [0.05, 0.1) is 27.4 Å². The zero-order valence-corrected chi connectivity index (χ0v) is 36.3. The SMILES string of the molecule is COc1ccc(C(OC[C@]23COC(C2OP(SCCSC(=O)c2ccccc2)N2CCCC2)[C@H](n2cc(C)c(N)nc2=O)O3)(c2ccccc2)c2ccc(OC)cc2)cc1. The number of aryl methyl sites for hydroxylation is 1. The molecule has 15 heteroatoms. The minimum atomic E-state index is -1.23. The van der Waals surface area contributed by atoms with E-state index in [4.69, 9.17) is 33.9 Å². The van der Waals surface area contributed by atoms with Crippen LogP contribution in [0.25, 0.3) is 0 Å². The van der Waals surface area contributed by atoms with Crippen LogP contribution in [0.3, 0.4) is 0 Å². The lowest BCUT2D eigenvalue weighted by Crippen LogP contribution is -2.49. The molecule has 0 spiro atoms. The van der Waals surface area contributed by atoms with Crippen LogP contribution in [0.5, 0.6) is 11.5 Å². The summed E-state index contributed by atoms with van der Waals surface area (Å²) in [5, 5.41) is 0.0469. The number of nitrogen functional groups attached to an aromatic ring is 1. The molecule has 4 aromatic carbocycles. The second-order valence-electron chi connectivity index (χ2n) is 14.9. The molecule has 8 rings (SSSR count). The third-order valence-corrected chi connectivity index (χ3v) is 16.4. The van der Waals surface area contributed by atoms with E-state index in [1.165, 1.54) is 16.3 Å². The summed E-state index contributed by atoms with van der Waals surface area (Å²) in [6.45, 7) is 3.80. The Kier molecular flexibility index (Phi) is 13.3. The van der Waals surface area contributed by atoms with E-state index in [0.717, 1.165) is 42.6 Å². The van der Waals surface area contributed by atoms with Gasteiger partial charge in [0.2, 0.25) is 5.12 Å². The molecule has 1 aromatic heterocycles. The number of methoxy groups -OCH3 is 2. The standard InChI is InChI=1S/C45H49N4O8PS2/c1-31-28-49(43(51)47-40(31)46)41-38-39(57-58(48-24-10-11-25-48)60-27-26-59-42(50)32-12-6-4-7-13-32)44(56-41,29-54-38)30-55-45(33-14-8-5-9-15-33,34-16-20-36(52-2)21-17-34)35-18-22-37(53-3)23-19-35/h4-9,12-23,28,38-39,41H,10-11,24-27,29-30H2,1-3H3,(H2,46,47,51)/t38?,39?,41-,44-,58?/m1/s1. The number of aromatic nitrogens is 2. The number of thioether (sulfide) groups is 1. The van der Waals surface area contributed by atoms with Crippen molar-refractivity contribution in [2.75, 3.05) is 57.8 Å². The van der Waals surface area contributed by atoms with Crippen molar-refractivity contribution in [2.45, 2.75) is 49.4 Å². The molecule has 0 amide bonds. The number of nitrogens with zero attached hydrogens (tertiary/aromatic N) is 3. The monoisotopic (exact) mass is 868 g/mol. The Balaban J connectivity index is 1.16. The van der Waals surface area contributed by atoms with Crippen LogP contribution < -0.4 is 20.9 Å². The van der Waals surface area contributed by atoms with Gasteiger partial charge in [-0.15, -0.1) is 0 Å². The van der Waals surface area contributed by atoms with Crippen molar-refractivity contribution in [3.63, 3.8) is 0 Å². The first-order chi connectivity index (χ1) is 29.2. The molecule has 314 valence electrons. The maximum absolute atomic E-state index is 13.5. The minimum Gasteiger partial charge on any atom is -0.497 e. The molecule has 60 heavy (non-hydrogen) atoms. The van der Waals surface area contributed by atoms with E-state index < -0.39 is 42.8 Å². The summed E-state index contributed by atoms with van der Waals surface area (Å²) in [4.78, 5) is 30.6. The van der Waals surface area contributed by atoms with Crippen LogP contribution in [0, 0.1) is 6.92 Å². The van der Waals surface area contributed by atoms with Gasteiger partial charge in [-0.2, -0.15) is 4.98 Å². The summed E-state index contributed by atoms with van der Waals surface area (Å²) in [7, 11) is 2.05. The van der Waals surface area contributed by atoms with Crippen molar-refractivity contribution in [3.05, 3.63) is 154 Å². The summed E-state index contributed by atoms with van der Waals surface area (Å²) in [5.41, 5.74) is 7.19. The zero-order chi connectivity index (χ0) is 41.7. The van der Waals surface area contributed by atoms with Crippen LogP contribution in [0.15, 0.2) is 120 Å². The average Bonchev–Trinajstić information content (AvgIpc) is 4.02. The Morgan fingerprint density at radius 2 is 1.48 bits per heavy atom. The number of hydrogen-bond acceptors (Lipinski definition) is 13. The van der Waals surface area contributed by atoms with Crippen LogP contribution in [-0.2, 0) is 24.3 Å². The van der Waals surface area contributed by atoms with Gasteiger partial charge in [-0.05, 0) is 60.7 Å². The number of carbonyl (C=O) groups is 1. The van der Waals surface area contributed by atoms with Gasteiger partial charge < -0.3 is 33.9 Å². The largest absolute Gasteiger partial charge is 0.497 e. The Morgan fingerprint density at radius 1 is 0.883 bits per heavy atom. The van der Waals surface area contributed by atoms with Gasteiger partial charge in [0, 0.05) is 41.9 Å². The highest BCUT2D eigenvalue weighted by Crippen LogP contribution is 2.61. The molecule has 0 aliphatic carbocycles. The molecule has 3 saturated heterocycles. The zero-order valence-electron chi connectivity index (χ0n) is 33.8. The van der Waals surface area contributed by atoms with Crippen molar-refractivity contribution >= 4 is 41.6 Å². The molecular formula is C45H49N4O8PS2. The van der Waals surface area contributed by atoms with Crippen LogP contribution >= 0.6 is 30.6 Å². The predicted molar refractivity (Wildman–Crippen MR) is 237 cm³/mol. The van der Waals surface area contributed by atoms with E-state index in [9.17, 15) is 9.59 Å². The summed E-state index contributed by atoms with van der Waals surface area (Å²) >= 11 is 3.04. The smallest absolute Gasteiger partial charge is 0.351 e. The molecule has 4 heterocycles. The summed E-state index contributed by atoms with van der Waals surface area (Å²) in [6.07, 6.45) is 1.65. The van der Waals surface area contributed by atoms with Gasteiger partial charge in [-0.3, -0.25) is 14.0 Å². The van der Waals surface area contributed by atoms with Gasteiger partial charge >= 0.3 is 5.69 Å². The molecule has 3 unspecified atom stereocenters. The van der Waals surface area contributed by atoms with Crippen LogP contribution in [0.2, 0.25) is 0 Å². The Morgan fingerprint density at radius 3 is 2.10 bits per heavy atom. The number of fused-ring (bicyclic) bond motifs is 2. The predicted octanol–water partition coefficient (Wildman–Crippen LogP) is 7.84. The van der Waals surface area contributed by atoms with Crippen LogP contribution in [0.4, 0.5) is 5.82 Å². The number of anilines is 1. The van der Waals surface area contributed by atoms with Gasteiger partial charge in [-0.25, -0.2) is 4.79 Å². The highest BCUT2D eigenvalue weighted by molar-refractivity contribution is 8.53. The highest BCUT2D eigenvalue weighted by Gasteiger charge is 2.65. The van der Waals surface area contributed by atoms with Crippen molar-refractivity contribution in [3.8, 4) is 11.5 Å². The van der Waals surface area contributed by atoms with E-state index >= 15 is 0 Å². The quantitative estimate of drug-likeness (QED) is 0.0553. The fraction of sp³-hybridized carbons (Fsp3) is 0.356. The molecule has 3 aliphatic heterocycles. The normalized spacial score (nSPS) is 21.9. The molecule has 0 saturated carbocycles. The fourth-order valence-electron chi connectivity index (χ4n) is 7.99. The van der Waals surface area contributed by atoms with Crippen molar-refractivity contribution in [1.82, 2.24) is 14.2 Å². The molecule has 3 aliphatic rings.